The molecule has 21 heavy (non-hydrogen) atoms. The molecule has 0 aliphatic carbocycles. The molecule has 3 nitrogen and oxygen atoms in total. The van der Waals surface area contributed by atoms with Crippen LogP contribution in [0.25, 0.3) is 0 Å². The second-order valence-electron chi connectivity index (χ2n) is 5.58. The minimum absolute atomic E-state index is 0.274. The zero-order chi connectivity index (χ0) is 15.8. The van der Waals surface area contributed by atoms with Gasteiger partial charge in [0.15, 0.2) is 0 Å². The number of aliphatic hydroxyl groups is 1. The molecule has 0 fully saturated rings. The number of hydrogen-bond acceptors (Lipinski definition) is 2. The quantitative estimate of drug-likeness (QED) is 0.355. The van der Waals surface area contributed by atoms with E-state index in [0.29, 0.717) is 0 Å². The van der Waals surface area contributed by atoms with Crippen molar-refractivity contribution in [1.82, 2.24) is 0 Å². The van der Waals surface area contributed by atoms with Gasteiger partial charge in [0.05, 0.1) is 6.10 Å². The molecule has 0 heterocycles. The van der Waals surface area contributed by atoms with E-state index in [0.717, 1.165) is 44.9 Å². The average molecular weight is 296 g/mol. The first-order valence-electron chi connectivity index (χ1n) is 8.40. The fourth-order valence-electron chi connectivity index (χ4n) is 2.14. The van der Waals surface area contributed by atoms with Crippen LogP contribution in [0.1, 0.15) is 77.6 Å². The summed E-state index contributed by atoms with van der Waals surface area (Å²) in [6.45, 7) is 2.20. The Balaban J connectivity index is 3.40. The molecule has 0 aliphatic rings. The van der Waals surface area contributed by atoms with E-state index in [1.165, 1.54) is 19.3 Å². The van der Waals surface area contributed by atoms with Crippen molar-refractivity contribution in [2.75, 3.05) is 0 Å². The molecule has 0 unspecified atom stereocenters. The maximum absolute atomic E-state index is 10.3. The van der Waals surface area contributed by atoms with Crippen LogP contribution in [-0.2, 0) is 4.79 Å². The van der Waals surface area contributed by atoms with Crippen molar-refractivity contribution in [3.63, 3.8) is 0 Å². The van der Waals surface area contributed by atoms with Crippen molar-refractivity contribution >= 4 is 5.97 Å². The van der Waals surface area contributed by atoms with Gasteiger partial charge in [-0.25, -0.2) is 0 Å². The fourth-order valence-corrected chi connectivity index (χ4v) is 2.14. The summed E-state index contributed by atoms with van der Waals surface area (Å²) >= 11 is 0. The van der Waals surface area contributed by atoms with Crippen LogP contribution in [0.3, 0.4) is 0 Å². The summed E-state index contributed by atoms with van der Waals surface area (Å²) in [6.07, 6.45) is 18.4. The van der Waals surface area contributed by atoms with Crippen LogP contribution < -0.4 is 0 Å². The summed E-state index contributed by atoms with van der Waals surface area (Å²) in [6, 6.07) is 0. The molecule has 2 N–H and O–H groups in total. The van der Waals surface area contributed by atoms with Gasteiger partial charge in [-0.3, -0.25) is 4.79 Å². The number of allylic oxidation sites excluding steroid dienone is 3. The molecular weight excluding hydrogens is 264 g/mol. The second kappa shape index (κ2) is 15.3. The highest BCUT2D eigenvalue weighted by Gasteiger charge is 1.99. The zero-order valence-corrected chi connectivity index (χ0v) is 13.5. The molecular formula is C18H32O3. The topological polar surface area (TPSA) is 57.5 Å². The molecule has 0 aliphatic heterocycles. The van der Waals surface area contributed by atoms with Crippen molar-refractivity contribution in [2.45, 2.75) is 83.7 Å². The Morgan fingerprint density at radius 1 is 1.00 bits per heavy atom. The van der Waals surface area contributed by atoms with E-state index < -0.39 is 5.97 Å². The number of carboxylic acids is 1. The second-order valence-corrected chi connectivity index (χ2v) is 5.58. The number of rotatable bonds is 14. The maximum atomic E-state index is 10.3. The Bertz CT molecular complexity index is 295. The SMILES string of the molecule is CCCCCC=C/C=C/[C@H](O)CCCCCCCC(=O)O. The summed E-state index contributed by atoms with van der Waals surface area (Å²) in [7, 11) is 0. The average Bonchev–Trinajstić information content (AvgIpc) is 2.45. The van der Waals surface area contributed by atoms with Crippen LogP contribution >= 0.6 is 0 Å². The molecule has 122 valence electrons. The zero-order valence-electron chi connectivity index (χ0n) is 13.5. The van der Waals surface area contributed by atoms with Gasteiger partial charge in [-0.1, -0.05) is 69.8 Å². The smallest absolute Gasteiger partial charge is 0.303 e. The first-order valence-corrected chi connectivity index (χ1v) is 8.40. The number of carbonyl (C=O) groups is 1. The van der Waals surface area contributed by atoms with E-state index >= 15 is 0 Å². The highest BCUT2D eigenvalue weighted by Crippen LogP contribution is 2.09. The third-order valence-corrected chi connectivity index (χ3v) is 3.45. The predicted octanol–water partition coefficient (Wildman–Crippen LogP) is 4.86. The van der Waals surface area contributed by atoms with Gasteiger partial charge >= 0.3 is 5.97 Å². The first-order chi connectivity index (χ1) is 10.2. The predicted molar refractivity (Wildman–Crippen MR) is 88.4 cm³/mol. The lowest BCUT2D eigenvalue weighted by Gasteiger charge is -2.04. The number of hydrogen-bond donors (Lipinski definition) is 2. The van der Waals surface area contributed by atoms with Crippen molar-refractivity contribution in [2.24, 2.45) is 0 Å². The van der Waals surface area contributed by atoms with E-state index in [1.54, 1.807) is 0 Å². The molecule has 0 saturated carbocycles. The third-order valence-electron chi connectivity index (χ3n) is 3.45. The van der Waals surface area contributed by atoms with E-state index in [9.17, 15) is 9.90 Å². The summed E-state index contributed by atoms with van der Waals surface area (Å²) in [4.78, 5) is 10.3. The van der Waals surface area contributed by atoms with Gasteiger partial charge in [-0.05, 0) is 25.7 Å². The lowest BCUT2D eigenvalue weighted by atomic mass is 10.1. The maximum Gasteiger partial charge on any atom is 0.303 e. The molecule has 0 aromatic heterocycles. The van der Waals surface area contributed by atoms with Gasteiger partial charge in [-0.15, -0.1) is 0 Å². The van der Waals surface area contributed by atoms with Crippen molar-refractivity contribution in [3.8, 4) is 0 Å². The normalized spacial score (nSPS) is 13.2. The van der Waals surface area contributed by atoms with Gasteiger partial charge in [0.25, 0.3) is 0 Å². The van der Waals surface area contributed by atoms with Gasteiger partial charge < -0.3 is 10.2 Å². The summed E-state index contributed by atoms with van der Waals surface area (Å²) < 4.78 is 0. The minimum atomic E-state index is -0.710. The molecule has 0 spiro atoms. The van der Waals surface area contributed by atoms with Crippen LogP contribution in [0.15, 0.2) is 24.3 Å². The van der Waals surface area contributed by atoms with Gasteiger partial charge in [0.1, 0.15) is 0 Å². The molecule has 0 aromatic carbocycles. The Morgan fingerprint density at radius 2 is 1.71 bits per heavy atom. The van der Waals surface area contributed by atoms with Crippen LogP contribution in [0.4, 0.5) is 0 Å². The van der Waals surface area contributed by atoms with Gasteiger partial charge in [0.2, 0.25) is 0 Å². The Kier molecular flexibility index (Phi) is 14.5. The number of aliphatic hydroxyl groups excluding tert-OH is 1. The van der Waals surface area contributed by atoms with Crippen molar-refractivity contribution < 1.29 is 15.0 Å². The molecule has 0 saturated heterocycles. The molecule has 3 heteroatoms. The lowest BCUT2D eigenvalue weighted by Crippen LogP contribution is -2.01. The molecule has 0 rings (SSSR count). The summed E-state index contributed by atoms with van der Waals surface area (Å²) in [5.41, 5.74) is 0. The molecule has 0 aromatic rings. The lowest BCUT2D eigenvalue weighted by molar-refractivity contribution is -0.137. The number of unbranched alkanes of at least 4 members (excludes halogenated alkanes) is 7. The summed E-state index contributed by atoms with van der Waals surface area (Å²) in [5, 5.41) is 18.3. The molecule has 0 radical (unpaired) electrons. The van der Waals surface area contributed by atoms with Gasteiger partial charge in [0, 0.05) is 6.42 Å². The standard InChI is InChI=1S/C18H32O3/c1-2-3-4-5-6-8-11-14-17(19)15-12-9-7-10-13-16-18(20)21/h6,8,11,14,17,19H,2-5,7,9-10,12-13,15-16H2,1H3,(H,20,21)/b8-6?,14-11+/t17-/m0/s1. The highest BCUT2D eigenvalue weighted by molar-refractivity contribution is 5.66. The van der Waals surface area contributed by atoms with Gasteiger partial charge in [-0.2, -0.15) is 0 Å². The van der Waals surface area contributed by atoms with E-state index in [1.807, 2.05) is 18.2 Å². The van der Waals surface area contributed by atoms with Crippen molar-refractivity contribution in [3.05, 3.63) is 24.3 Å². The number of aliphatic carboxylic acids is 1. The van der Waals surface area contributed by atoms with Crippen LogP contribution in [0.5, 0.6) is 0 Å². The monoisotopic (exact) mass is 296 g/mol. The summed E-state index contributed by atoms with van der Waals surface area (Å²) in [5.74, 6) is -0.710. The van der Waals surface area contributed by atoms with E-state index in [-0.39, 0.29) is 12.5 Å². The Labute approximate surface area is 129 Å². The van der Waals surface area contributed by atoms with E-state index in [2.05, 4.69) is 13.0 Å². The highest BCUT2D eigenvalue weighted by atomic mass is 16.4. The first kappa shape index (κ1) is 19.9. The Hall–Kier alpha value is -1.09. The minimum Gasteiger partial charge on any atom is -0.481 e. The van der Waals surface area contributed by atoms with Crippen LogP contribution in [0, 0.1) is 0 Å². The molecule has 0 amide bonds. The van der Waals surface area contributed by atoms with Crippen LogP contribution in [0.2, 0.25) is 0 Å². The molecule has 1 atom stereocenters. The largest absolute Gasteiger partial charge is 0.481 e. The fraction of sp³-hybridized carbons (Fsp3) is 0.722. The third kappa shape index (κ3) is 16.9. The van der Waals surface area contributed by atoms with E-state index in [4.69, 9.17) is 5.11 Å². The Morgan fingerprint density at radius 3 is 2.43 bits per heavy atom. The van der Waals surface area contributed by atoms with Crippen LogP contribution in [-0.4, -0.2) is 22.3 Å². The van der Waals surface area contributed by atoms with Crippen molar-refractivity contribution in [1.29, 1.82) is 0 Å². The number of carboxylic acid groups (broad SMARTS) is 1. The molecule has 0 bridgehead atoms.